The van der Waals surface area contributed by atoms with Crippen LogP contribution in [0.3, 0.4) is 0 Å². The Bertz CT molecular complexity index is 731. The van der Waals surface area contributed by atoms with Crippen LogP contribution in [-0.2, 0) is 16.0 Å². The molecular weight excluding hydrogens is 310 g/mol. The number of nitrogens with zero attached hydrogens (tertiary/aromatic N) is 1. The van der Waals surface area contributed by atoms with Gasteiger partial charge in [0, 0.05) is 12.5 Å². The zero-order valence-corrected chi connectivity index (χ0v) is 13.0. The Kier molecular flexibility index (Phi) is 4.74. The molecule has 0 aliphatic carbocycles. The molecule has 0 saturated carbocycles. The first-order valence-electron chi connectivity index (χ1n) is 7.74. The van der Waals surface area contributed by atoms with E-state index in [2.05, 4.69) is 0 Å². The van der Waals surface area contributed by atoms with Gasteiger partial charge in [-0.05, 0) is 18.1 Å². The average Bonchev–Trinajstić information content (AvgIpc) is 2.94. The Hall–Kier alpha value is -2.89. The van der Waals surface area contributed by atoms with Crippen LogP contribution in [0.1, 0.15) is 12.0 Å². The molecule has 1 fully saturated rings. The van der Waals surface area contributed by atoms with Crippen molar-refractivity contribution >= 4 is 11.7 Å². The molecule has 2 aromatic rings. The summed E-state index contributed by atoms with van der Waals surface area (Å²) in [5.41, 5.74) is 0.988. The monoisotopic (exact) mass is 327 g/mol. The van der Waals surface area contributed by atoms with Gasteiger partial charge in [-0.1, -0.05) is 42.5 Å². The lowest BCUT2D eigenvalue weighted by Crippen LogP contribution is -2.17. The fourth-order valence-electron chi connectivity index (χ4n) is 2.80. The minimum atomic E-state index is -0.492. The maximum Gasteiger partial charge on any atom is 0.310 e. The average molecular weight is 327 g/mol. The molecule has 1 heterocycles. The molecule has 0 radical (unpaired) electrons. The number of rotatable bonds is 6. The quantitative estimate of drug-likeness (QED) is 0.463. The van der Waals surface area contributed by atoms with Crippen LogP contribution in [0.4, 0.5) is 5.69 Å². The van der Waals surface area contributed by atoms with Crippen molar-refractivity contribution in [3.05, 3.63) is 70.3 Å². The van der Waals surface area contributed by atoms with Crippen molar-refractivity contribution in [2.24, 2.45) is 5.92 Å². The standard InChI is InChI=1S/C18H17NO5/c20-18-14(10-13-6-2-1-3-7-13)11-15(24-18)12-23-17-9-5-4-8-16(17)19(21)22/h1-9,14-15H,10-12H2/t14-,15+/m1/s1. The summed E-state index contributed by atoms with van der Waals surface area (Å²) in [6.07, 6.45) is 0.793. The van der Waals surface area contributed by atoms with E-state index >= 15 is 0 Å². The smallest absolute Gasteiger partial charge is 0.310 e. The van der Waals surface area contributed by atoms with E-state index in [0.717, 1.165) is 5.56 Å². The third-order valence-corrected chi connectivity index (χ3v) is 3.98. The van der Waals surface area contributed by atoms with Gasteiger partial charge in [0.05, 0.1) is 10.8 Å². The van der Waals surface area contributed by atoms with Gasteiger partial charge < -0.3 is 9.47 Å². The zero-order chi connectivity index (χ0) is 16.9. The summed E-state index contributed by atoms with van der Waals surface area (Å²) in [5.74, 6) is -0.258. The summed E-state index contributed by atoms with van der Waals surface area (Å²) in [6.45, 7) is 0.113. The Morgan fingerprint density at radius 1 is 1.12 bits per heavy atom. The number of nitro benzene ring substituents is 1. The van der Waals surface area contributed by atoms with Crippen molar-refractivity contribution < 1.29 is 19.2 Å². The predicted molar refractivity (Wildman–Crippen MR) is 86.7 cm³/mol. The van der Waals surface area contributed by atoms with Gasteiger partial charge in [-0.2, -0.15) is 0 Å². The van der Waals surface area contributed by atoms with Gasteiger partial charge in [0.15, 0.2) is 5.75 Å². The maximum atomic E-state index is 12.0. The Morgan fingerprint density at radius 3 is 2.58 bits per heavy atom. The van der Waals surface area contributed by atoms with E-state index in [9.17, 15) is 14.9 Å². The van der Waals surface area contributed by atoms with E-state index in [-0.39, 0.29) is 36.0 Å². The van der Waals surface area contributed by atoms with E-state index in [1.165, 1.54) is 12.1 Å². The topological polar surface area (TPSA) is 78.7 Å². The third-order valence-electron chi connectivity index (χ3n) is 3.98. The van der Waals surface area contributed by atoms with Crippen LogP contribution in [0.15, 0.2) is 54.6 Å². The van der Waals surface area contributed by atoms with Gasteiger partial charge in [0.25, 0.3) is 0 Å². The fourth-order valence-corrected chi connectivity index (χ4v) is 2.80. The second-order valence-electron chi connectivity index (χ2n) is 5.72. The molecule has 0 bridgehead atoms. The largest absolute Gasteiger partial charge is 0.483 e. The highest BCUT2D eigenvalue weighted by molar-refractivity contribution is 5.75. The van der Waals surface area contributed by atoms with Gasteiger partial charge in [-0.15, -0.1) is 0 Å². The highest BCUT2D eigenvalue weighted by Gasteiger charge is 2.35. The van der Waals surface area contributed by atoms with Crippen molar-refractivity contribution in [3.63, 3.8) is 0 Å². The number of esters is 1. The lowest BCUT2D eigenvalue weighted by Gasteiger charge is -2.11. The molecule has 0 aromatic heterocycles. The van der Waals surface area contributed by atoms with Gasteiger partial charge in [0.1, 0.15) is 12.7 Å². The summed E-state index contributed by atoms with van der Waals surface area (Å²) in [6, 6.07) is 15.9. The van der Waals surface area contributed by atoms with Crippen LogP contribution in [-0.4, -0.2) is 23.6 Å². The Morgan fingerprint density at radius 2 is 1.83 bits per heavy atom. The fraction of sp³-hybridized carbons (Fsp3) is 0.278. The van der Waals surface area contributed by atoms with Gasteiger partial charge in [0.2, 0.25) is 0 Å². The summed E-state index contributed by atoms with van der Waals surface area (Å²) in [7, 11) is 0. The molecule has 24 heavy (non-hydrogen) atoms. The van der Waals surface area contributed by atoms with Crippen molar-refractivity contribution in [1.29, 1.82) is 0 Å². The van der Waals surface area contributed by atoms with Gasteiger partial charge in [-0.25, -0.2) is 0 Å². The summed E-state index contributed by atoms with van der Waals surface area (Å²) >= 11 is 0. The van der Waals surface area contributed by atoms with E-state index in [0.29, 0.717) is 12.8 Å². The molecule has 1 aliphatic heterocycles. The van der Waals surface area contributed by atoms with Crippen LogP contribution in [0.2, 0.25) is 0 Å². The van der Waals surface area contributed by atoms with Crippen LogP contribution in [0.5, 0.6) is 5.75 Å². The number of ether oxygens (including phenoxy) is 2. The van der Waals surface area contributed by atoms with Crippen LogP contribution < -0.4 is 4.74 Å². The molecular formula is C18H17NO5. The zero-order valence-electron chi connectivity index (χ0n) is 13.0. The lowest BCUT2D eigenvalue weighted by atomic mass is 9.96. The number of benzene rings is 2. The van der Waals surface area contributed by atoms with E-state index < -0.39 is 4.92 Å². The Labute approximate surface area is 139 Å². The minimum Gasteiger partial charge on any atom is -0.483 e. The van der Waals surface area contributed by atoms with Crippen molar-refractivity contribution in [3.8, 4) is 5.75 Å². The van der Waals surface area contributed by atoms with Crippen molar-refractivity contribution in [2.45, 2.75) is 18.9 Å². The first-order chi connectivity index (χ1) is 11.6. The summed E-state index contributed by atoms with van der Waals surface area (Å²) in [5, 5.41) is 11.0. The second kappa shape index (κ2) is 7.12. The molecule has 6 heteroatoms. The highest BCUT2D eigenvalue weighted by Crippen LogP contribution is 2.29. The number of para-hydroxylation sites is 2. The molecule has 124 valence electrons. The van der Waals surface area contributed by atoms with E-state index in [4.69, 9.17) is 9.47 Å². The van der Waals surface area contributed by atoms with Crippen LogP contribution >= 0.6 is 0 Å². The molecule has 0 amide bonds. The van der Waals surface area contributed by atoms with Gasteiger partial charge >= 0.3 is 11.7 Å². The SMILES string of the molecule is O=C1O[C@H](COc2ccccc2[N+](=O)[O-])C[C@H]1Cc1ccccc1. The lowest BCUT2D eigenvalue weighted by molar-refractivity contribution is -0.385. The molecule has 2 aromatic carbocycles. The van der Waals surface area contributed by atoms with Crippen molar-refractivity contribution in [2.75, 3.05) is 6.61 Å². The third kappa shape index (κ3) is 3.71. The number of carbonyl (C=O) groups is 1. The number of cyclic esters (lactones) is 1. The van der Waals surface area contributed by atoms with Gasteiger partial charge in [-0.3, -0.25) is 14.9 Å². The maximum absolute atomic E-state index is 12.0. The molecule has 3 rings (SSSR count). The predicted octanol–water partition coefficient (Wildman–Crippen LogP) is 3.15. The first kappa shape index (κ1) is 16.0. The van der Waals surface area contributed by atoms with E-state index in [1.807, 2.05) is 30.3 Å². The number of hydrogen-bond donors (Lipinski definition) is 0. The van der Waals surface area contributed by atoms with Crippen LogP contribution in [0.25, 0.3) is 0 Å². The number of carbonyl (C=O) groups excluding carboxylic acids is 1. The first-order valence-corrected chi connectivity index (χ1v) is 7.74. The van der Waals surface area contributed by atoms with Crippen molar-refractivity contribution in [1.82, 2.24) is 0 Å². The highest BCUT2D eigenvalue weighted by atomic mass is 16.6. The number of nitro groups is 1. The minimum absolute atomic E-state index is 0.0948. The van der Waals surface area contributed by atoms with Crippen LogP contribution in [0, 0.1) is 16.0 Å². The molecule has 1 saturated heterocycles. The van der Waals surface area contributed by atoms with E-state index in [1.54, 1.807) is 12.1 Å². The molecule has 0 unspecified atom stereocenters. The summed E-state index contributed by atoms with van der Waals surface area (Å²) in [4.78, 5) is 22.5. The molecule has 1 aliphatic rings. The normalized spacial score (nSPS) is 19.8. The molecule has 2 atom stereocenters. The number of hydrogen-bond acceptors (Lipinski definition) is 5. The second-order valence-corrected chi connectivity index (χ2v) is 5.72. The summed E-state index contributed by atoms with van der Waals surface area (Å²) < 4.78 is 10.8. The molecule has 0 spiro atoms. The Balaban J connectivity index is 1.58. The molecule has 6 nitrogen and oxygen atoms in total. The molecule has 0 N–H and O–H groups in total.